The number of aromatic hydroxyl groups is 1. The van der Waals surface area contributed by atoms with Crippen LogP contribution < -0.4 is 5.56 Å². The van der Waals surface area contributed by atoms with Crippen molar-refractivity contribution in [2.24, 2.45) is 0 Å². The van der Waals surface area contributed by atoms with E-state index in [-0.39, 0.29) is 12.1 Å². The molecule has 1 saturated heterocycles. The molecule has 0 bridgehead atoms. The number of benzene rings is 2. The van der Waals surface area contributed by atoms with Crippen molar-refractivity contribution in [1.29, 1.82) is 0 Å². The summed E-state index contributed by atoms with van der Waals surface area (Å²) in [5, 5.41) is 9.99. The van der Waals surface area contributed by atoms with E-state index in [1.54, 1.807) is 12.1 Å². The Morgan fingerprint density at radius 1 is 1.11 bits per heavy atom. The number of nitrogens with one attached hydrogen (secondary N) is 1. The zero-order valence-electron chi connectivity index (χ0n) is 19.5. The minimum atomic E-state index is -0.721. The molecule has 1 unspecified atom stereocenters. The van der Waals surface area contributed by atoms with Crippen molar-refractivity contribution in [2.45, 2.75) is 18.9 Å². The zero-order chi connectivity index (χ0) is 24.6. The Morgan fingerprint density at radius 3 is 2.37 bits per heavy atom. The third kappa shape index (κ3) is 6.35. The van der Waals surface area contributed by atoms with Crippen molar-refractivity contribution < 1.29 is 19.4 Å². The Kier molecular flexibility index (Phi) is 7.93. The summed E-state index contributed by atoms with van der Waals surface area (Å²) in [6.45, 7) is 4.39. The zero-order valence-corrected chi connectivity index (χ0v) is 19.5. The predicted molar refractivity (Wildman–Crippen MR) is 130 cm³/mol. The third-order valence-corrected chi connectivity index (χ3v) is 5.92. The van der Waals surface area contributed by atoms with E-state index in [1.807, 2.05) is 24.3 Å². The Morgan fingerprint density at radius 2 is 1.74 bits per heavy atom. The number of nitrogens with zero attached hydrogens (tertiary/aromatic N) is 2. The van der Waals surface area contributed by atoms with Crippen molar-refractivity contribution in [3.05, 3.63) is 93.2 Å². The van der Waals surface area contributed by atoms with Crippen molar-refractivity contribution in [1.82, 2.24) is 14.9 Å². The van der Waals surface area contributed by atoms with Crippen LogP contribution in [0.1, 0.15) is 33.9 Å². The van der Waals surface area contributed by atoms with Crippen LogP contribution in [0.2, 0.25) is 0 Å². The molecule has 0 saturated carbocycles. The van der Waals surface area contributed by atoms with Gasteiger partial charge in [-0.3, -0.25) is 14.5 Å². The molecule has 3 aromatic rings. The monoisotopic (exact) mass is 473 g/mol. The van der Waals surface area contributed by atoms with Crippen LogP contribution in [0.5, 0.6) is 5.75 Å². The standard InChI is InChI=1S/C27H27N3O5/c1-34-27(33)23(16-24-25(31)26(32)29-18-28-24)22-10-8-20(9-11-22)3-2-19-4-6-21(7-5-19)17-30-12-14-35-15-13-30/h4-11,18,23,31H,12-17H2,1H3,(H,28,29,32). The number of carbonyl (C=O) groups is 1. The molecular weight excluding hydrogens is 446 g/mol. The summed E-state index contributed by atoms with van der Waals surface area (Å²) in [6.07, 6.45) is 1.23. The molecule has 1 atom stereocenters. The number of hydrogen-bond donors (Lipinski definition) is 2. The van der Waals surface area contributed by atoms with E-state index < -0.39 is 23.2 Å². The Balaban J connectivity index is 1.44. The molecule has 35 heavy (non-hydrogen) atoms. The second kappa shape index (κ2) is 11.5. The second-order valence-electron chi connectivity index (χ2n) is 8.26. The van der Waals surface area contributed by atoms with Crippen molar-refractivity contribution in [2.75, 3.05) is 33.4 Å². The molecule has 1 aliphatic heterocycles. The van der Waals surface area contributed by atoms with Gasteiger partial charge in [-0.15, -0.1) is 0 Å². The topological polar surface area (TPSA) is 105 Å². The average Bonchev–Trinajstić information content (AvgIpc) is 2.90. The molecule has 0 radical (unpaired) electrons. The molecule has 180 valence electrons. The van der Waals surface area contributed by atoms with Crippen molar-refractivity contribution in [3.63, 3.8) is 0 Å². The Bertz CT molecular complexity index is 1270. The summed E-state index contributed by atoms with van der Waals surface area (Å²) in [4.78, 5) is 32.7. The van der Waals surface area contributed by atoms with E-state index in [0.717, 1.165) is 44.0 Å². The van der Waals surface area contributed by atoms with Crippen LogP contribution >= 0.6 is 0 Å². The summed E-state index contributed by atoms with van der Waals surface area (Å²) in [5.74, 6) is 4.61. The van der Waals surface area contributed by atoms with E-state index in [0.29, 0.717) is 5.56 Å². The highest BCUT2D eigenvalue weighted by Crippen LogP contribution is 2.24. The fourth-order valence-corrected chi connectivity index (χ4v) is 3.91. The lowest BCUT2D eigenvalue weighted by Crippen LogP contribution is -2.35. The molecule has 1 aromatic heterocycles. The molecule has 2 N–H and O–H groups in total. The number of aromatic nitrogens is 2. The van der Waals surface area contributed by atoms with Crippen molar-refractivity contribution in [3.8, 4) is 17.6 Å². The number of morpholine rings is 1. The first-order chi connectivity index (χ1) is 17.0. The number of carbonyl (C=O) groups excluding carboxylic acids is 1. The SMILES string of the molecule is COC(=O)C(Cc1nc[nH]c(=O)c1O)c1ccc(C#Cc2ccc(CN3CCOCC3)cc2)cc1. The van der Waals surface area contributed by atoms with E-state index >= 15 is 0 Å². The largest absolute Gasteiger partial charge is 0.502 e. The minimum Gasteiger partial charge on any atom is -0.502 e. The van der Waals surface area contributed by atoms with Gasteiger partial charge in [-0.05, 0) is 35.4 Å². The summed E-state index contributed by atoms with van der Waals surface area (Å²) >= 11 is 0. The molecule has 2 heterocycles. The lowest BCUT2D eigenvalue weighted by molar-refractivity contribution is -0.142. The first-order valence-corrected chi connectivity index (χ1v) is 11.4. The highest BCUT2D eigenvalue weighted by molar-refractivity contribution is 5.78. The molecule has 0 spiro atoms. The van der Waals surface area contributed by atoms with Crippen LogP contribution in [0.25, 0.3) is 0 Å². The van der Waals surface area contributed by atoms with Crippen LogP contribution in [0, 0.1) is 11.8 Å². The maximum absolute atomic E-state index is 12.4. The predicted octanol–water partition coefficient (Wildman–Crippen LogP) is 2.21. The summed E-state index contributed by atoms with van der Waals surface area (Å²) < 4.78 is 10.3. The highest BCUT2D eigenvalue weighted by Gasteiger charge is 2.24. The number of ether oxygens (including phenoxy) is 2. The molecule has 1 fully saturated rings. The number of esters is 1. The average molecular weight is 474 g/mol. The molecule has 8 nitrogen and oxygen atoms in total. The summed E-state index contributed by atoms with van der Waals surface area (Å²) in [6, 6.07) is 15.5. The van der Waals surface area contributed by atoms with Gasteiger partial charge in [0.1, 0.15) is 0 Å². The van der Waals surface area contributed by atoms with E-state index in [4.69, 9.17) is 9.47 Å². The number of hydrogen-bond acceptors (Lipinski definition) is 7. The molecular formula is C27H27N3O5. The van der Waals surface area contributed by atoms with Gasteiger partial charge in [-0.2, -0.15) is 0 Å². The molecule has 1 aliphatic rings. The van der Waals surface area contributed by atoms with Gasteiger partial charge in [-0.25, -0.2) is 4.98 Å². The van der Waals surface area contributed by atoms with Crippen LogP contribution in [0.15, 0.2) is 59.7 Å². The fraction of sp³-hybridized carbons (Fsp3) is 0.296. The summed E-state index contributed by atoms with van der Waals surface area (Å²) in [5.41, 5.74) is 3.12. The quantitative estimate of drug-likeness (QED) is 0.418. The lowest BCUT2D eigenvalue weighted by atomic mass is 9.93. The van der Waals surface area contributed by atoms with Crippen LogP contribution in [0.3, 0.4) is 0 Å². The van der Waals surface area contributed by atoms with E-state index in [2.05, 4.69) is 38.8 Å². The van der Waals surface area contributed by atoms with Gasteiger partial charge in [0, 0.05) is 37.2 Å². The van der Waals surface area contributed by atoms with Gasteiger partial charge in [0.05, 0.1) is 38.3 Å². The lowest BCUT2D eigenvalue weighted by Gasteiger charge is -2.26. The van der Waals surface area contributed by atoms with Gasteiger partial charge in [0.2, 0.25) is 5.75 Å². The highest BCUT2D eigenvalue weighted by atomic mass is 16.5. The number of methoxy groups -OCH3 is 1. The Labute approximate surface area is 203 Å². The molecule has 2 aromatic carbocycles. The summed E-state index contributed by atoms with van der Waals surface area (Å²) in [7, 11) is 1.30. The fourth-order valence-electron chi connectivity index (χ4n) is 3.91. The number of aromatic amines is 1. The first-order valence-electron chi connectivity index (χ1n) is 11.4. The molecule has 8 heteroatoms. The van der Waals surface area contributed by atoms with Crippen LogP contribution in [-0.4, -0.2) is 59.4 Å². The normalized spacial score (nSPS) is 14.5. The second-order valence-corrected chi connectivity index (χ2v) is 8.26. The first kappa shape index (κ1) is 24.2. The molecule has 0 amide bonds. The van der Waals surface area contributed by atoms with Gasteiger partial charge >= 0.3 is 5.97 Å². The van der Waals surface area contributed by atoms with Crippen LogP contribution in [-0.2, 0) is 27.2 Å². The van der Waals surface area contributed by atoms with E-state index in [9.17, 15) is 14.7 Å². The maximum atomic E-state index is 12.4. The minimum absolute atomic E-state index is 0.0320. The van der Waals surface area contributed by atoms with Crippen molar-refractivity contribution >= 4 is 5.97 Å². The smallest absolute Gasteiger partial charge is 0.313 e. The Hall–Kier alpha value is -3.93. The third-order valence-electron chi connectivity index (χ3n) is 5.92. The van der Waals surface area contributed by atoms with Gasteiger partial charge in [-0.1, -0.05) is 36.1 Å². The van der Waals surface area contributed by atoms with E-state index in [1.165, 1.54) is 19.0 Å². The van der Waals surface area contributed by atoms with Crippen LogP contribution in [0.4, 0.5) is 0 Å². The molecule has 0 aliphatic carbocycles. The molecule has 4 rings (SSSR count). The van der Waals surface area contributed by atoms with Gasteiger partial charge in [0.15, 0.2) is 0 Å². The van der Waals surface area contributed by atoms with Gasteiger partial charge < -0.3 is 19.6 Å². The number of rotatable bonds is 6. The maximum Gasteiger partial charge on any atom is 0.313 e. The van der Waals surface area contributed by atoms with Gasteiger partial charge in [0.25, 0.3) is 5.56 Å². The number of H-pyrrole nitrogens is 1.